The van der Waals surface area contributed by atoms with Crippen LogP contribution in [0.1, 0.15) is 31.3 Å². The molecule has 1 N–H and O–H groups in total. The fourth-order valence-corrected chi connectivity index (χ4v) is 3.46. The van der Waals surface area contributed by atoms with Gasteiger partial charge in [0.25, 0.3) is 0 Å². The monoisotopic (exact) mass is 352 g/mol. The van der Waals surface area contributed by atoms with E-state index in [1.165, 1.54) is 0 Å². The Balaban J connectivity index is 1.99. The molecule has 1 saturated heterocycles. The summed E-state index contributed by atoms with van der Waals surface area (Å²) in [7, 11) is -5.23. The Labute approximate surface area is 133 Å². The summed E-state index contributed by atoms with van der Waals surface area (Å²) in [4.78, 5) is 8.50. The number of alkyl halides is 3. The maximum absolute atomic E-state index is 12.5. The molecule has 0 aromatic carbocycles. The molecule has 0 spiro atoms. The summed E-state index contributed by atoms with van der Waals surface area (Å²) >= 11 is 0. The minimum absolute atomic E-state index is 0.117. The van der Waals surface area contributed by atoms with Crippen LogP contribution < -0.4 is 5.32 Å². The molecule has 1 aromatic heterocycles. The highest BCUT2D eigenvalue weighted by Crippen LogP contribution is 2.29. The SMILES string of the molecule is CCc1cc(NC2CCN(S(=O)(=O)C(F)(F)F)CC2)nc(C)n1. The largest absolute Gasteiger partial charge is 0.511 e. The van der Waals surface area contributed by atoms with Crippen LogP contribution >= 0.6 is 0 Å². The molecule has 130 valence electrons. The van der Waals surface area contributed by atoms with Crippen LogP contribution in [0.5, 0.6) is 0 Å². The van der Waals surface area contributed by atoms with Crippen LogP contribution in [0.15, 0.2) is 6.07 Å². The number of rotatable bonds is 4. The van der Waals surface area contributed by atoms with Crippen molar-refractivity contribution in [3.8, 4) is 0 Å². The lowest BCUT2D eigenvalue weighted by atomic mass is 10.1. The van der Waals surface area contributed by atoms with E-state index < -0.39 is 15.5 Å². The fourth-order valence-electron chi connectivity index (χ4n) is 2.48. The highest BCUT2D eigenvalue weighted by atomic mass is 32.2. The highest BCUT2D eigenvalue weighted by molar-refractivity contribution is 7.90. The Bertz CT molecular complexity index is 656. The van der Waals surface area contributed by atoms with Gasteiger partial charge in [0.05, 0.1) is 0 Å². The molecule has 1 aromatic rings. The number of piperidine rings is 1. The fraction of sp³-hybridized carbons (Fsp3) is 0.692. The van der Waals surface area contributed by atoms with Gasteiger partial charge in [0.1, 0.15) is 11.6 Å². The van der Waals surface area contributed by atoms with Crippen molar-refractivity contribution in [2.24, 2.45) is 0 Å². The third-order valence-electron chi connectivity index (χ3n) is 3.69. The first-order valence-corrected chi connectivity index (χ1v) is 8.75. The van der Waals surface area contributed by atoms with E-state index in [9.17, 15) is 21.6 Å². The smallest absolute Gasteiger partial charge is 0.367 e. The molecule has 1 aliphatic heterocycles. The summed E-state index contributed by atoms with van der Waals surface area (Å²) in [6, 6.07) is 1.68. The zero-order chi connectivity index (χ0) is 17.3. The average Bonchev–Trinajstić information content (AvgIpc) is 2.46. The first-order chi connectivity index (χ1) is 10.6. The van der Waals surface area contributed by atoms with Crippen molar-refractivity contribution in [3.05, 3.63) is 17.6 Å². The predicted octanol–water partition coefficient (Wildman–Crippen LogP) is 2.07. The lowest BCUT2D eigenvalue weighted by molar-refractivity contribution is -0.0494. The van der Waals surface area contributed by atoms with E-state index in [2.05, 4.69) is 15.3 Å². The Morgan fingerprint density at radius 3 is 2.43 bits per heavy atom. The molecule has 10 heteroatoms. The number of aryl methyl sites for hydroxylation is 2. The second-order valence-electron chi connectivity index (χ2n) is 5.41. The van der Waals surface area contributed by atoms with Gasteiger partial charge in [0, 0.05) is 30.9 Å². The van der Waals surface area contributed by atoms with Gasteiger partial charge in [0.2, 0.25) is 0 Å². The molecule has 0 bridgehead atoms. The number of hydrogen-bond donors (Lipinski definition) is 1. The quantitative estimate of drug-likeness (QED) is 0.898. The molecule has 1 aliphatic rings. The molecule has 2 rings (SSSR count). The normalized spacial score (nSPS) is 18.1. The van der Waals surface area contributed by atoms with Gasteiger partial charge in [-0.3, -0.25) is 0 Å². The van der Waals surface area contributed by atoms with Gasteiger partial charge in [-0.1, -0.05) is 6.92 Å². The van der Waals surface area contributed by atoms with Crippen molar-refractivity contribution in [1.82, 2.24) is 14.3 Å². The van der Waals surface area contributed by atoms with Crippen molar-refractivity contribution in [3.63, 3.8) is 0 Å². The third-order valence-corrected chi connectivity index (χ3v) is 5.32. The molecule has 6 nitrogen and oxygen atoms in total. The number of hydrogen-bond acceptors (Lipinski definition) is 5. The first kappa shape index (κ1) is 17.9. The second kappa shape index (κ2) is 6.60. The van der Waals surface area contributed by atoms with Crippen molar-refractivity contribution >= 4 is 15.8 Å². The molecule has 0 amide bonds. The topological polar surface area (TPSA) is 75.2 Å². The van der Waals surface area contributed by atoms with Crippen LogP contribution in [0.3, 0.4) is 0 Å². The zero-order valence-corrected chi connectivity index (χ0v) is 13.7. The van der Waals surface area contributed by atoms with E-state index >= 15 is 0 Å². The van der Waals surface area contributed by atoms with E-state index in [1.807, 2.05) is 6.92 Å². The van der Waals surface area contributed by atoms with Crippen LogP contribution in [-0.4, -0.2) is 47.3 Å². The van der Waals surface area contributed by atoms with Crippen molar-refractivity contribution < 1.29 is 21.6 Å². The van der Waals surface area contributed by atoms with Crippen LogP contribution in [-0.2, 0) is 16.4 Å². The standard InChI is InChI=1S/C13H19F3N4O2S/c1-3-10-8-12(18-9(2)17-10)19-11-4-6-20(7-5-11)23(21,22)13(14,15)16/h8,11H,3-7H2,1-2H3,(H,17,18,19). The number of nitrogens with one attached hydrogen (secondary N) is 1. The lowest BCUT2D eigenvalue weighted by Crippen LogP contribution is -2.47. The summed E-state index contributed by atoms with van der Waals surface area (Å²) in [5.74, 6) is 1.23. The molecule has 0 atom stereocenters. The number of aromatic nitrogens is 2. The Hall–Kier alpha value is -1.42. The number of sulfonamides is 1. The van der Waals surface area contributed by atoms with E-state index in [4.69, 9.17) is 0 Å². The average molecular weight is 352 g/mol. The Morgan fingerprint density at radius 1 is 1.30 bits per heavy atom. The summed E-state index contributed by atoms with van der Waals surface area (Å²) in [5.41, 5.74) is -4.37. The predicted molar refractivity (Wildman–Crippen MR) is 79.3 cm³/mol. The summed E-state index contributed by atoms with van der Waals surface area (Å²) in [6.07, 6.45) is 1.33. The maximum atomic E-state index is 12.5. The molecule has 23 heavy (non-hydrogen) atoms. The molecule has 2 heterocycles. The Kier molecular flexibility index (Phi) is 5.14. The second-order valence-corrected chi connectivity index (χ2v) is 7.34. The van der Waals surface area contributed by atoms with Gasteiger partial charge in [-0.25, -0.2) is 18.4 Å². The van der Waals surface area contributed by atoms with Crippen molar-refractivity contribution in [2.75, 3.05) is 18.4 Å². The lowest BCUT2D eigenvalue weighted by Gasteiger charge is -2.32. The minimum Gasteiger partial charge on any atom is -0.367 e. The van der Waals surface area contributed by atoms with Crippen LogP contribution in [0.4, 0.5) is 19.0 Å². The van der Waals surface area contributed by atoms with Crippen molar-refractivity contribution in [2.45, 2.75) is 44.7 Å². The summed E-state index contributed by atoms with van der Waals surface area (Å²) in [6.45, 7) is 3.41. The Morgan fingerprint density at radius 2 is 1.91 bits per heavy atom. The van der Waals surface area contributed by atoms with Gasteiger partial charge in [-0.05, 0) is 26.2 Å². The maximum Gasteiger partial charge on any atom is 0.511 e. The number of anilines is 1. The van der Waals surface area contributed by atoms with Gasteiger partial charge in [0.15, 0.2) is 0 Å². The summed E-state index contributed by atoms with van der Waals surface area (Å²) < 4.78 is 60.8. The molecule has 0 unspecified atom stereocenters. The molecular formula is C13H19F3N4O2S. The molecular weight excluding hydrogens is 333 g/mol. The third kappa shape index (κ3) is 4.11. The van der Waals surface area contributed by atoms with E-state index in [1.54, 1.807) is 13.0 Å². The zero-order valence-electron chi connectivity index (χ0n) is 12.9. The van der Waals surface area contributed by atoms with E-state index in [-0.39, 0.29) is 19.1 Å². The molecule has 0 saturated carbocycles. The molecule has 1 fully saturated rings. The van der Waals surface area contributed by atoms with E-state index in [0.29, 0.717) is 28.8 Å². The first-order valence-electron chi connectivity index (χ1n) is 7.31. The van der Waals surface area contributed by atoms with Crippen LogP contribution in [0.2, 0.25) is 0 Å². The van der Waals surface area contributed by atoms with Crippen LogP contribution in [0.25, 0.3) is 0 Å². The highest BCUT2D eigenvalue weighted by Gasteiger charge is 2.50. The molecule has 0 aliphatic carbocycles. The van der Waals surface area contributed by atoms with Gasteiger partial charge in [-0.15, -0.1) is 0 Å². The minimum atomic E-state index is -5.24. The number of nitrogens with zero attached hydrogens (tertiary/aromatic N) is 3. The van der Waals surface area contributed by atoms with Gasteiger partial charge in [-0.2, -0.15) is 17.5 Å². The number of halogens is 3. The van der Waals surface area contributed by atoms with Crippen molar-refractivity contribution in [1.29, 1.82) is 0 Å². The van der Waals surface area contributed by atoms with Gasteiger partial charge < -0.3 is 5.32 Å². The van der Waals surface area contributed by atoms with E-state index in [0.717, 1.165) is 12.1 Å². The van der Waals surface area contributed by atoms with Crippen LogP contribution in [0, 0.1) is 6.92 Å². The summed E-state index contributed by atoms with van der Waals surface area (Å²) in [5, 5.41) is 3.15. The molecule has 0 radical (unpaired) electrons. The van der Waals surface area contributed by atoms with Gasteiger partial charge >= 0.3 is 15.5 Å².